The van der Waals surface area contributed by atoms with Gasteiger partial charge in [-0.2, -0.15) is 13.2 Å². The molecule has 0 heterocycles. The summed E-state index contributed by atoms with van der Waals surface area (Å²) in [6, 6.07) is 5.96. The number of nitrogens with zero attached hydrogens (tertiary/aromatic N) is 1. The minimum Gasteiger partial charge on any atom is -0.494 e. The third-order valence-electron chi connectivity index (χ3n) is 2.42. The number of hydrogen-bond acceptors (Lipinski definition) is 2. The number of benzene rings is 1. The SMILES string of the molecule is CCOc1ccc(C(=O)N(CCCl)CC(F)(F)F)cc1. The van der Waals surface area contributed by atoms with E-state index in [0.717, 1.165) is 0 Å². The quantitative estimate of drug-likeness (QED) is 0.754. The van der Waals surface area contributed by atoms with Crippen LogP contribution >= 0.6 is 11.6 Å². The van der Waals surface area contributed by atoms with E-state index < -0.39 is 18.6 Å². The number of rotatable bonds is 6. The standard InChI is InChI=1S/C13H15ClF3NO2/c1-2-20-11-5-3-10(4-6-11)12(19)18(8-7-14)9-13(15,16)17/h3-6H,2,7-9H2,1H3. The lowest BCUT2D eigenvalue weighted by Gasteiger charge is -2.23. The first-order valence-electron chi connectivity index (χ1n) is 6.02. The fourth-order valence-corrected chi connectivity index (χ4v) is 1.82. The molecule has 0 unspecified atom stereocenters. The van der Waals surface area contributed by atoms with Crippen molar-refractivity contribution in [3.63, 3.8) is 0 Å². The average molecular weight is 310 g/mol. The number of halogens is 4. The van der Waals surface area contributed by atoms with Gasteiger partial charge in [-0.15, -0.1) is 11.6 Å². The molecule has 0 atom stereocenters. The minimum absolute atomic E-state index is 0.0567. The summed E-state index contributed by atoms with van der Waals surface area (Å²) in [6.45, 7) is 0.809. The lowest BCUT2D eigenvalue weighted by Crippen LogP contribution is -2.40. The smallest absolute Gasteiger partial charge is 0.406 e. The summed E-state index contributed by atoms with van der Waals surface area (Å²) >= 11 is 5.44. The molecule has 1 rings (SSSR count). The number of carbonyl (C=O) groups is 1. The molecule has 7 heteroatoms. The van der Waals surface area contributed by atoms with Crippen molar-refractivity contribution < 1.29 is 22.7 Å². The van der Waals surface area contributed by atoms with Crippen LogP contribution in [-0.2, 0) is 0 Å². The molecule has 0 bridgehead atoms. The van der Waals surface area contributed by atoms with E-state index in [-0.39, 0.29) is 18.0 Å². The lowest BCUT2D eigenvalue weighted by molar-refractivity contribution is -0.140. The zero-order valence-electron chi connectivity index (χ0n) is 10.9. The average Bonchev–Trinajstić information content (AvgIpc) is 2.37. The van der Waals surface area contributed by atoms with Gasteiger partial charge >= 0.3 is 6.18 Å². The molecule has 1 aromatic rings. The van der Waals surface area contributed by atoms with E-state index in [0.29, 0.717) is 17.3 Å². The molecule has 112 valence electrons. The maximum Gasteiger partial charge on any atom is 0.406 e. The Morgan fingerprint density at radius 1 is 1.30 bits per heavy atom. The van der Waals surface area contributed by atoms with Crippen molar-refractivity contribution >= 4 is 17.5 Å². The van der Waals surface area contributed by atoms with E-state index in [4.69, 9.17) is 16.3 Å². The highest BCUT2D eigenvalue weighted by atomic mass is 35.5. The molecule has 0 aliphatic carbocycles. The Balaban J connectivity index is 2.83. The summed E-state index contributed by atoms with van der Waals surface area (Å²) in [6.07, 6.45) is -4.45. The van der Waals surface area contributed by atoms with Crippen LogP contribution < -0.4 is 4.74 Å². The Hall–Kier alpha value is -1.43. The maximum atomic E-state index is 12.4. The van der Waals surface area contributed by atoms with E-state index in [1.54, 1.807) is 12.1 Å². The van der Waals surface area contributed by atoms with E-state index in [2.05, 4.69) is 0 Å². The molecule has 0 fully saturated rings. The molecule has 20 heavy (non-hydrogen) atoms. The van der Waals surface area contributed by atoms with Gasteiger partial charge in [0.2, 0.25) is 0 Å². The largest absolute Gasteiger partial charge is 0.494 e. The van der Waals surface area contributed by atoms with E-state index in [1.807, 2.05) is 6.92 Å². The molecular formula is C13H15ClF3NO2. The summed E-state index contributed by atoms with van der Waals surface area (Å²) in [4.78, 5) is 12.7. The monoisotopic (exact) mass is 309 g/mol. The van der Waals surface area contributed by atoms with Gasteiger partial charge in [-0.25, -0.2) is 0 Å². The van der Waals surface area contributed by atoms with Gasteiger partial charge in [0.1, 0.15) is 12.3 Å². The molecule has 0 spiro atoms. The van der Waals surface area contributed by atoms with Crippen molar-refractivity contribution in [2.24, 2.45) is 0 Å². The second-order valence-electron chi connectivity index (χ2n) is 3.99. The van der Waals surface area contributed by atoms with Gasteiger partial charge in [-0.3, -0.25) is 4.79 Å². The highest BCUT2D eigenvalue weighted by Crippen LogP contribution is 2.19. The van der Waals surface area contributed by atoms with Gasteiger partial charge in [0.25, 0.3) is 5.91 Å². The topological polar surface area (TPSA) is 29.5 Å². The summed E-state index contributed by atoms with van der Waals surface area (Å²) in [5.41, 5.74) is 0.169. The molecule has 0 N–H and O–H groups in total. The predicted octanol–water partition coefficient (Wildman–Crippen LogP) is 3.33. The van der Waals surface area contributed by atoms with Crippen molar-refractivity contribution in [1.29, 1.82) is 0 Å². The normalized spacial score (nSPS) is 11.2. The number of amides is 1. The van der Waals surface area contributed by atoms with Gasteiger partial charge in [0.05, 0.1) is 6.61 Å². The number of alkyl halides is 4. The van der Waals surface area contributed by atoms with Crippen molar-refractivity contribution in [3.05, 3.63) is 29.8 Å². The molecule has 1 amide bonds. The van der Waals surface area contributed by atoms with Gasteiger partial charge in [0, 0.05) is 18.0 Å². The number of hydrogen-bond donors (Lipinski definition) is 0. The zero-order chi connectivity index (χ0) is 15.2. The van der Waals surface area contributed by atoms with E-state index in [9.17, 15) is 18.0 Å². The third kappa shape index (κ3) is 5.28. The van der Waals surface area contributed by atoms with Crippen LogP contribution in [0.1, 0.15) is 17.3 Å². The molecule has 0 saturated carbocycles. The molecule has 0 saturated heterocycles. The fraction of sp³-hybridized carbons (Fsp3) is 0.462. The van der Waals surface area contributed by atoms with Crippen LogP contribution in [0.2, 0.25) is 0 Å². The Kier molecular flexibility index (Phi) is 6.13. The molecule has 0 aliphatic rings. The minimum atomic E-state index is -4.45. The molecule has 0 aliphatic heterocycles. The Bertz CT molecular complexity index is 434. The molecule has 0 radical (unpaired) electrons. The highest BCUT2D eigenvalue weighted by molar-refractivity contribution is 6.18. The number of carbonyl (C=O) groups excluding carboxylic acids is 1. The van der Waals surface area contributed by atoms with Crippen LogP contribution in [0.5, 0.6) is 5.75 Å². The zero-order valence-corrected chi connectivity index (χ0v) is 11.7. The van der Waals surface area contributed by atoms with Crippen LogP contribution in [0.25, 0.3) is 0 Å². The van der Waals surface area contributed by atoms with E-state index >= 15 is 0 Å². The Morgan fingerprint density at radius 2 is 1.90 bits per heavy atom. The van der Waals surface area contributed by atoms with Gasteiger partial charge in [-0.05, 0) is 31.2 Å². The fourth-order valence-electron chi connectivity index (χ4n) is 1.61. The van der Waals surface area contributed by atoms with Gasteiger partial charge in [0.15, 0.2) is 0 Å². The van der Waals surface area contributed by atoms with Gasteiger partial charge in [-0.1, -0.05) is 0 Å². The van der Waals surface area contributed by atoms with E-state index in [1.165, 1.54) is 12.1 Å². The molecular weight excluding hydrogens is 295 g/mol. The first-order valence-corrected chi connectivity index (χ1v) is 6.55. The maximum absolute atomic E-state index is 12.4. The van der Waals surface area contributed by atoms with Crippen LogP contribution in [-0.4, -0.2) is 42.6 Å². The Labute approximate surface area is 120 Å². The van der Waals surface area contributed by atoms with Crippen molar-refractivity contribution in [1.82, 2.24) is 4.90 Å². The first-order chi connectivity index (χ1) is 9.37. The predicted molar refractivity (Wildman–Crippen MR) is 70.3 cm³/mol. The summed E-state index contributed by atoms with van der Waals surface area (Å²) in [7, 11) is 0. The molecule has 3 nitrogen and oxygen atoms in total. The van der Waals surface area contributed by atoms with Crippen molar-refractivity contribution in [2.45, 2.75) is 13.1 Å². The number of ether oxygens (including phenoxy) is 1. The highest BCUT2D eigenvalue weighted by Gasteiger charge is 2.33. The van der Waals surface area contributed by atoms with Crippen LogP contribution in [0.4, 0.5) is 13.2 Å². The Morgan fingerprint density at radius 3 is 2.35 bits per heavy atom. The summed E-state index contributed by atoms with van der Waals surface area (Å²) < 4.78 is 42.4. The van der Waals surface area contributed by atoms with Gasteiger partial charge < -0.3 is 9.64 Å². The van der Waals surface area contributed by atoms with Crippen molar-refractivity contribution in [2.75, 3.05) is 25.6 Å². The second kappa shape index (κ2) is 7.38. The van der Waals surface area contributed by atoms with Crippen LogP contribution in [0.15, 0.2) is 24.3 Å². The molecule has 0 aromatic heterocycles. The second-order valence-corrected chi connectivity index (χ2v) is 4.37. The van der Waals surface area contributed by atoms with Crippen LogP contribution in [0, 0.1) is 0 Å². The lowest BCUT2D eigenvalue weighted by atomic mass is 10.2. The van der Waals surface area contributed by atoms with Crippen molar-refractivity contribution in [3.8, 4) is 5.75 Å². The van der Waals surface area contributed by atoms with Crippen LogP contribution in [0.3, 0.4) is 0 Å². The summed E-state index contributed by atoms with van der Waals surface area (Å²) in [5, 5.41) is 0. The summed E-state index contributed by atoms with van der Waals surface area (Å²) in [5.74, 6) is -0.200. The molecule has 1 aromatic carbocycles. The first kappa shape index (κ1) is 16.6. The third-order valence-corrected chi connectivity index (χ3v) is 2.59.